The molecular weight excluding hydrogens is 366 g/mol. The van der Waals surface area contributed by atoms with E-state index in [0.29, 0.717) is 22.8 Å². The number of nitrogens with zero attached hydrogens (tertiary/aromatic N) is 2. The molecule has 1 aromatic carbocycles. The Morgan fingerprint density at radius 2 is 2.08 bits per heavy atom. The Morgan fingerprint density at radius 3 is 2.77 bits per heavy atom. The number of thiophene rings is 1. The highest BCUT2D eigenvalue weighted by Crippen LogP contribution is 2.25. The average Bonchev–Trinajstić information content (AvgIpc) is 3.05. The van der Waals surface area contributed by atoms with Gasteiger partial charge in [-0.2, -0.15) is 0 Å². The lowest BCUT2D eigenvalue weighted by molar-refractivity contribution is -0.117. The molecule has 0 aliphatic carbocycles. The third kappa shape index (κ3) is 4.34. The summed E-state index contributed by atoms with van der Waals surface area (Å²) in [6, 6.07) is 12.0. The predicted octanol–water partition coefficient (Wildman–Crippen LogP) is 3.23. The zero-order valence-corrected chi connectivity index (χ0v) is 16.2. The van der Waals surface area contributed by atoms with E-state index in [1.165, 1.54) is 17.3 Å². The van der Waals surface area contributed by atoms with E-state index >= 15 is 0 Å². The van der Waals surface area contributed by atoms with Gasteiger partial charge in [0.25, 0.3) is 5.56 Å². The van der Waals surface area contributed by atoms with Crippen LogP contribution in [0, 0.1) is 0 Å². The first-order chi connectivity index (χ1) is 12.6. The van der Waals surface area contributed by atoms with Crippen molar-refractivity contribution in [1.82, 2.24) is 9.55 Å². The molecule has 0 saturated heterocycles. The first kappa shape index (κ1) is 18.7. The van der Waals surface area contributed by atoms with Gasteiger partial charge in [-0.1, -0.05) is 49.0 Å². The van der Waals surface area contributed by atoms with Crippen LogP contribution in [0.1, 0.15) is 23.8 Å². The molecule has 2 heterocycles. The third-order valence-corrected chi connectivity index (χ3v) is 6.21. The predicted molar refractivity (Wildman–Crippen MR) is 108 cm³/mol. The Labute approximate surface area is 160 Å². The molecule has 2 aromatic heterocycles. The smallest absolute Gasteiger partial charge is 0.262 e. The maximum Gasteiger partial charge on any atom is 0.262 e. The maximum absolute atomic E-state index is 13.0. The van der Waals surface area contributed by atoms with Crippen molar-refractivity contribution >= 4 is 39.2 Å². The number of carbonyl (C=O) groups is 1. The van der Waals surface area contributed by atoms with Gasteiger partial charge in [-0.15, -0.1) is 11.3 Å². The van der Waals surface area contributed by atoms with E-state index in [1.54, 1.807) is 15.9 Å². The molecule has 26 heavy (non-hydrogen) atoms. The lowest BCUT2D eigenvalue weighted by Crippen LogP contribution is -2.24. The van der Waals surface area contributed by atoms with Gasteiger partial charge in [0.1, 0.15) is 4.83 Å². The van der Waals surface area contributed by atoms with Crippen LogP contribution in [-0.2, 0) is 24.2 Å². The Kier molecular flexibility index (Phi) is 6.11. The van der Waals surface area contributed by atoms with Gasteiger partial charge in [-0.25, -0.2) is 4.98 Å². The Hall–Kier alpha value is -2.12. The van der Waals surface area contributed by atoms with E-state index in [1.807, 2.05) is 24.3 Å². The first-order valence-corrected chi connectivity index (χ1v) is 10.4. The molecule has 0 bridgehead atoms. The van der Waals surface area contributed by atoms with Gasteiger partial charge >= 0.3 is 0 Å². The molecule has 0 aliphatic heterocycles. The normalized spacial score (nSPS) is 11.1. The molecule has 3 rings (SSSR count). The van der Waals surface area contributed by atoms with Crippen molar-refractivity contribution in [3.8, 4) is 0 Å². The fourth-order valence-corrected chi connectivity index (χ4v) is 4.64. The van der Waals surface area contributed by atoms with Crippen molar-refractivity contribution in [1.29, 1.82) is 0 Å². The molecule has 0 saturated carbocycles. The van der Waals surface area contributed by atoms with Crippen molar-refractivity contribution in [2.75, 3.05) is 5.75 Å². The quantitative estimate of drug-likeness (QED) is 0.475. The average molecular weight is 388 g/mol. The molecule has 1 amide bonds. The molecule has 136 valence electrons. The number of hydrogen-bond donors (Lipinski definition) is 1. The minimum atomic E-state index is -0.346. The number of primary amides is 1. The summed E-state index contributed by atoms with van der Waals surface area (Å²) >= 11 is 2.97. The summed E-state index contributed by atoms with van der Waals surface area (Å²) in [5.74, 6) is 0.172. The molecule has 0 radical (unpaired) electrons. The molecular formula is C19H21N3O2S2. The second-order valence-corrected chi connectivity index (χ2v) is 8.11. The molecule has 0 spiro atoms. The number of hydrogen-bond acceptors (Lipinski definition) is 5. The number of rotatable bonds is 8. The summed E-state index contributed by atoms with van der Waals surface area (Å²) in [7, 11) is 0. The zero-order chi connectivity index (χ0) is 18.5. The van der Waals surface area contributed by atoms with Crippen LogP contribution in [0.25, 0.3) is 10.2 Å². The lowest BCUT2D eigenvalue weighted by atomic mass is 10.1. The molecule has 3 aromatic rings. The van der Waals surface area contributed by atoms with Crippen LogP contribution < -0.4 is 11.3 Å². The van der Waals surface area contributed by atoms with Gasteiger partial charge in [-0.05, 0) is 24.5 Å². The maximum atomic E-state index is 13.0. The van der Waals surface area contributed by atoms with Gasteiger partial charge in [-0.3, -0.25) is 14.2 Å². The summed E-state index contributed by atoms with van der Waals surface area (Å²) in [5.41, 5.74) is 6.39. The van der Waals surface area contributed by atoms with Crippen LogP contribution >= 0.6 is 23.1 Å². The SMILES string of the molecule is CCc1cc2c(=O)n(CCc3ccccc3)c(SCCC(N)=O)nc2s1. The standard InChI is InChI=1S/C19H21N3O2S2/c1-2-14-12-15-17(26-14)21-19(25-11-9-16(20)23)22(18(15)24)10-8-13-6-4-3-5-7-13/h3-7,12H,2,8-11H2,1H3,(H2,20,23). The highest BCUT2D eigenvalue weighted by atomic mass is 32.2. The minimum Gasteiger partial charge on any atom is -0.370 e. The Bertz CT molecular complexity index is 964. The molecule has 7 heteroatoms. The number of benzene rings is 1. The van der Waals surface area contributed by atoms with Crippen LogP contribution in [0.3, 0.4) is 0 Å². The molecule has 0 fully saturated rings. The van der Waals surface area contributed by atoms with Crippen LogP contribution in [-0.4, -0.2) is 21.2 Å². The number of amides is 1. The molecule has 0 unspecified atom stereocenters. The largest absolute Gasteiger partial charge is 0.370 e. The van der Waals surface area contributed by atoms with E-state index < -0.39 is 0 Å². The molecule has 0 aliphatic rings. The lowest BCUT2D eigenvalue weighted by Gasteiger charge is -2.11. The second-order valence-electron chi connectivity index (χ2n) is 5.94. The molecule has 2 N–H and O–H groups in total. The van der Waals surface area contributed by atoms with Crippen molar-refractivity contribution in [3.63, 3.8) is 0 Å². The summed E-state index contributed by atoms with van der Waals surface area (Å²) < 4.78 is 1.73. The number of nitrogens with two attached hydrogens (primary N) is 1. The van der Waals surface area contributed by atoms with Crippen LogP contribution in [0.2, 0.25) is 0 Å². The molecule has 5 nitrogen and oxygen atoms in total. The number of aromatic nitrogens is 2. The second kappa shape index (κ2) is 8.51. The number of fused-ring (bicyclic) bond motifs is 1. The van der Waals surface area contributed by atoms with Crippen LogP contribution in [0.5, 0.6) is 0 Å². The van der Waals surface area contributed by atoms with E-state index in [0.717, 1.165) is 22.5 Å². The topological polar surface area (TPSA) is 78.0 Å². The number of aryl methyl sites for hydroxylation is 2. The fraction of sp³-hybridized carbons (Fsp3) is 0.316. The van der Waals surface area contributed by atoms with E-state index in [4.69, 9.17) is 10.7 Å². The van der Waals surface area contributed by atoms with Gasteiger partial charge in [0, 0.05) is 23.6 Å². The monoisotopic (exact) mass is 387 g/mol. The number of thioether (sulfide) groups is 1. The summed E-state index contributed by atoms with van der Waals surface area (Å²) in [6.45, 7) is 2.63. The van der Waals surface area contributed by atoms with E-state index in [-0.39, 0.29) is 17.9 Å². The van der Waals surface area contributed by atoms with Gasteiger partial charge < -0.3 is 5.73 Å². The van der Waals surface area contributed by atoms with E-state index in [2.05, 4.69) is 19.1 Å². The molecule has 0 atom stereocenters. The summed E-state index contributed by atoms with van der Waals surface area (Å²) in [4.78, 5) is 30.7. The van der Waals surface area contributed by atoms with Crippen LogP contribution in [0.4, 0.5) is 0 Å². The summed E-state index contributed by atoms with van der Waals surface area (Å²) in [6.07, 6.45) is 1.90. The van der Waals surface area contributed by atoms with Crippen molar-refractivity contribution in [2.45, 2.75) is 37.9 Å². The fourth-order valence-electron chi connectivity index (χ4n) is 2.66. The highest BCUT2D eigenvalue weighted by Gasteiger charge is 2.14. The van der Waals surface area contributed by atoms with E-state index in [9.17, 15) is 9.59 Å². The third-order valence-electron chi connectivity index (χ3n) is 4.06. The minimum absolute atomic E-state index is 0.0107. The highest BCUT2D eigenvalue weighted by molar-refractivity contribution is 7.99. The van der Waals surface area contributed by atoms with Crippen LogP contribution in [0.15, 0.2) is 46.3 Å². The zero-order valence-electron chi connectivity index (χ0n) is 14.6. The van der Waals surface area contributed by atoms with Gasteiger partial charge in [0.05, 0.1) is 5.39 Å². The summed E-state index contributed by atoms with van der Waals surface area (Å²) in [5, 5.41) is 1.34. The Morgan fingerprint density at radius 1 is 1.31 bits per heavy atom. The van der Waals surface area contributed by atoms with Crippen molar-refractivity contribution in [2.24, 2.45) is 5.73 Å². The van der Waals surface area contributed by atoms with Crippen molar-refractivity contribution in [3.05, 3.63) is 57.2 Å². The van der Waals surface area contributed by atoms with Gasteiger partial charge in [0.15, 0.2) is 5.16 Å². The van der Waals surface area contributed by atoms with Crippen molar-refractivity contribution < 1.29 is 4.79 Å². The Balaban J connectivity index is 1.94. The number of carbonyl (C=O) groups excluding carboxylic acids is 1. The van der Waals surface area contributed by atoms with Gasteiger partial charge in [0.2, 0.25) is 5.91 Å². The first-order valence-electron chi connectivity index (χ1n) is 8.56.